The van der Waals surface area contributed by atoms with Gasteiger partial charge in [-0.05, 0) is 48.2 Å². The molecule has 0 saturated heterocycles. The lowest BCUT2D eigenvalue weighted by atomic mass is 10.1. The molecule has 10 heteroatoms. The van der Waals surface area contributed by atoms with Crippen molar-refractivity contribution >= 4 is 55.1 Å². The Hall–Kier alpha value is -2.10. The maximum atomic E-state index is 13.6. The summed E-state index contributed by atoms with van der Waals surface area (Å²) in [6.45, 7) is 5.88. The van der Waals surface area contributed by atoms with Crippen molar-refractivity contribution in [2.75, 3.05) is 23.7 Å². The van der Waals surface area contributed by atoms with Crippen LogP contribution in [0, 0.1) is 5.92 Å². The zero-order valence-corrected chi connectivity index (χ0v) is 23.0. The van der Waals surface area contributed by atoms with Gasteiger partial charge in [-0.25, -0.2) is 8.42 Å². The zero-order chi connectivity index (χ0) is 25.5. The number of benzene rings is 2. The molecule has 0 aliphatic heterocycles. The Bertz CT molecular complexity index is 1090. The molecule has 0 saturated carbocycles. The van der Waals surface area contributed by atoms with Crippen molar-refractivity contribution in [3.8, 4) is 0 Å². The van der Waals surface area contributed by atoms with Crippen LogP contribution in [0.4, 0.5) is 5.69 Å². The molecule has 0 aliphatic carbocycles. The van der Waals surface area contributed by atoms with Crippen LogP contribution >= 0.6 is 27.5 Å². The van der Waals surface area contributed by atoms with Crippen molar-refractivity contribution in [2.45, 2.75) is 39.8 Å². The quantitative estimate of drug-likeness (QED) is 0.431. The SMILES string of the molecule is CCC(C(=O)NCC(C)C)N(Cc1ccccc1Cl)C(=O)CN(c1ccc(Br)cc1)S(C)(=O)=O. The molecule has 0 aromatic heterocycles. The van der Waals surface area contributed by atoms with Gasteiger partial charge in [0.2, 0.25) is 21.8 Å². The Kier molecular flexibility index (Phi) is 10.4. The van der Waals surface area contributed by atoms with Gasteiger partial charge in [0.15, 0.2) is 0 Å². The summed E-state index contributed by atoms with van der Waals surface area (Å²) in [4.78, 5) is 28.0. The molecule has 186 valence electrons. The molecule has 1 atom stereocenters. The van der Waals surface area contributed by atoms with Crippen molar-refractivity contribution in [3.63, 3.8) is 0 Å². The summed E-state index contributed by atoms with van der Waals surface area (Å²) >= 11 is 9.67. The van der Waals surface area contributed by atoms with E-state index in [0.29, 0.717) is 29.2 Å². The van der Waals surface area contributed by atoms with E-state index in [1.165, 1.54) is 4.90 Å². The van der Waals surface area contributed by atoms with Gasteiger partial charge in [0, 0.05) is 22.6 Å². The number of carbonyl (C=O) groups excluding carboxylic acids is 2. The fourth-order valence-electron chi connectivity index (χ4n) is 3.37. The molecule has 1 unspecified atom stereocenters. The van der Waals surface area contributed by atoms with Gasteiger partial charge in [0.05, 0.1) is 11.9 Å². The molecule has 2 rings (SSSR count). The fourth-order valence-corrected chi connectivity index (χ4v) is 4.68. The third-order valence-corrected chi connectivity index (χ3v) is 7.20. The van der Waals surface area contributed by atoms with Crippen molar-refractivity contribution < 1.29 is 18.0 Å². The van der Waals surface area contributed by atoms with Crippen LogP contribution in [0.15, 0.2) is 53.0 Å². The van der Waals surface area contributed by atoms with Crippen LogP contribution in [-0.4, -0.2) is 50.5 Å². The first-order valence-corrected chi connectivity index (χ1v) is 14.0. The van der Waals surface area contributed by atoms with Gasteiger partial charge in [-0.2, -0.15) is 0 Å². The topological polar surface area (TPSA) is 86.8 Å². The van der Waals surface area contributed by atoms with E-state index in [-0.39, 0.29) is 18.4 Å². The van der Waals surface area contributed by atoms with Gasteiger partial charge in [0.1, 0.15) is 12.6 Å². The molecule has 1 N–H and O–H groups in total. The molecule has 34 heavy (non-hydrogen) atoms. The summed E-state index contributed by atoms with van der Waals surface area (Å²) in [6.07, 6.45) is 1.41. The molecule has 0 spiro atoms. The lowest BCUT2D eigenvalue weighted by molar-refractivity contribution is -0.140. The largest absolute Gasteiger partial charge is 0.354 e. The minimum atomic E-state index is -3.77. The standard InChI is InChI=1S/C24H31BrClN3O4S/c1-5-22(24(31)27-14-17(2)3)28(15-18-8-6-7-9-21(18)26)23(30)16-29(34(4,32)33)20-12-10-19(25)11-13-20/h6-13,17,22H,5,14-16H2,1-4H3,(H,27,31). The maximum Gasteiger partial charge on any atom is 0.244 e. The monoisotopic (exact) mass is 571 g/mol. The summed E-state index contributed by atoms with van der Waals surface area (Å²) in [6, 6.07) is 12.9. The highest BCUT2D eigenvalue weighted by Crippen LogP contribution is 2.23. The van der Waals surface area contributed by atoms with Crippen LogP contribution in [0.25, 0.3) is 0 Å². The van der Waals surface area contributed by atoms with E-state index >= 15 is 0 Å². The number of anilines is 1. The first-order chi connectivity index (χ1) is 15.9. The highest BCUT2D eigenvalue weighted by Gasteiger charge is 2.32. The molecule has 2 aromatic rings. The molecule has 0 radical (unpaired) electrons. The van der Waals surface area contributed by atoms with Gasteiger partial charge in [-0.1, -0.05) is 66.5 Å². The molecular weight excluding hydrogens is 542 g/mol. The van der Waals surface area contributed by atoms with Crippen LogP contribution in [0.5, 0.6) is 0 Å². The first kappa shape index (κ1) is 28.1. The number of rotatable bonds is 11. The van der Waals surface area contributed by atoms with Gasteiger partial charge < -0.3 is 10.2 Å². The van der Waals surface area contributed by atoms with Crippen molar-refractivity contribution in [1.29, 1.82) is 0 Å². The highest BCUT2D eigenvalue weighted by molar-refractivity contribution is 9.10. The summed E-state index contributed by atoms with van der Waals surface area (Å²) < 4.78 is 27.0. The number of amides is 2. The average Bonchev–Trinajstić information content (AvgIpc) is 2.77. The molecule has 0 fully saturated rings. The number of nitrogens with zero attached hydrogens (tertiary/aromatic N) is 2. The molecule has 0 aliphatic rings. The van der Waals surface area contributed by atoms with E-state index < -0.39 is 28.5 Å². The highest BCUT2D eigenvalue weighted by atomic mass is 79.9. The molecule has 7 nitrogen and oxygen atoms in total. The Labute approximate surface area is 215 Å². The predicted molar refractivity (Wildman–Crippen MR) is 140 cm³/mol. The Morgan fingerprint density at radius 2 is 1.71 bits per heavy atom. The molecule has 0 heterocycles. The molecule has 0 bridgehead atoms. The van der Waals surface area contributed by atoms with Crippen molar-refractivity contribution in [3.05, 3.63) is 63.6 Å². The van der Waals surface area contributed by atoms with E-state index in [4.69, 9.17) is 11.6 Å². The lowest BCUT2D eigenvalue weighted by Crippen LogP contribution is -2.52. The van der Waals surface area contributed by atoms with Gasteiger partial charge >= 0.3 is 0 Å². The third-order valence-electron chi connectivity index (χ3n) is 5.16. The molecule has 2 amide bonds. The normalized spacial score (nSPS) is 12.3. The van der Waals surface area contributed by atoms with E-state index in [9.17, 15) is 18.0 Å². The zero-order valence-electron chi connectivity index (χ0n) is 19.8. The smallest absolute Gasteiger partial charge is 0.244 e. The van der Waals surface area contributed by atoms with E-state index in [2.05, 4.69) is 21.2 Å². The van der Waals surface area contributed by atoms with Gasteiger partial charge in [-0.3, -0.25) is 13.9 Å². The second-order valence-electron chi connectivity index (χ2n) is 8.42. The Morgan fingerprint density at radius 3 is 2.24 bits per heavy atom. The van der Waals surface area contributed by atoms with Crippen LogP contribution in [0.1, 0.15) is 32.8 Å². The van der Waals surface area contributed by atoms with Crippen LogP contribution in [0.2, 0.25) is 5.02 Å². The van der Waals surface area contributed by atoms with Crippen molar-refractivity contribution in [2.24, 2.45) is 5.92 Å². The summed E-state index contributed by atoms with van der Waals surface area (Å²) in [5.41, 5.74) is 1.02. The summed E-state index contributed by atoms with van der Waals surface area (Å²) in [5.74, 6) is -0.543. The number of hydrogen-bond acceptors (Lipinski definition) is 4. The van der Waals surface area contributed by atoms with E-state index in [1.54, 1.807) is 48.5 Å². The van der Waals surface area contributed by atoms with E-state index in [0.717, 1.165) is 15.0 Å². The second-order valence-corrected chi connectivity index (χ2v) is 11.7. The minimum Gasteiger partial charge on any atom is -0.354 e. The summed E-state index contributed by atoms with van der Waals surface area (Å²) in [5, 5.41) is 3.35. The van der Waals surface area contributed by atoms with Gasteiger partial charge in [-0.15, -0.1) is 0 Å². The predicted octanol–water partition coefficient (Wildman–Crippen LogP) is 4.45. The molecule has 2 aromatic carbocycles. The Balaban J connectivity index is 2.42. The average molecular weight is 573 g/mol. The van der Waals surface area contributed by atoms with Crippen LogP contribution in [-0.2, 0) is 26.2 Å². The minimum absolute atomic E-state index is 0.0735. The van der Waals surface area contributed by atoms with Gasteiger partial charge in [0.25, 0.3) is 0 Å². The lowest BCUT2D eigenvalue weighted by Gasteiger charge is -2.33. The summed E-state index contributed by atoms with van der Waals surface area (Å²) in [7, 11) is -3.77. The third kappa shape index (κ3) is 7.99. The molecular formula is C24H31BrClN3O4S. The maximum absolute atomic E-state index is 13.6. The fraction of sp³-hybridized carbons (Fsp3) is 0.417. The van der Waals surface area contributed by atoms with E-state index in [1.807, 2.05) is 20.8 Å². The first-order valence-electron chi connectivity index (χ1n) is 11.0. The van der Waals surface area contributed by atoms with Crippen LogP contribution in [0.3, 0.4) is 0 Å². The number of nitrogens with one attached hydrogen (secondary N) is 1. The van der Waals surface area contributed by atoms with Crippen molar-refractivity contribution in [1.82, 2.24) is 10.2 Å². The second kappa shape index (κ2) is 12.6. The number of hydrogen-bond donors (Lipinski definition) is 1. The van der Waals surface area contributed by atoms with Crippen LogP contribution < -0.4 is 9.62 Å². The Morgan fingerprint density at radius 1 is 1.09 bits per heavy atom. The number of sulfonamides is 1. The number of carbonyl (C=O) groups is 2. The number of halogens is 2.